The number of nitrogens with zero attached hydrogens (tertiary/aromatic N) is 3. The Morgan fingerprint density at radius 1 is 0.914 bits per heavy atom. The van der Waals surface area contributed by atoms with Crippen LogP contribution in [0.1, 0.15) is 18.9 Å². The van der Waals surface area contributed by atoms with E-state index in [9.17, 15) is 29.7 Å². The minimum atomic E-state index is -0.989. The van der Waals surface area contributed by atoms with Gasteiger partial charge in [-0.25, -0.2) is 0 Å². The summed E-state index contributed by atoms with van der Waals surface area (Å²) in [6.45, 7) is 4.08. The van der Waals surface area contributed by atoms with Gasteiger partial charge in [0.1, 0.15) is 0 Å². The van der Waals surface area contributed by atoms with Crippen LogP contribution >= 0.6 is 12.2 Å². The first-order chi connectivity index (χ1) is 16.7. The van der Waals surface area contributed by atoms with E-state index in [0.29, 0.717) is 44.3 Å². The third kappa shape index (κ3) is 11.0. The van der Waals surface area contributed by atoms with Gasteiger partial charge in [-0.05, 0) is 42.8 Å². The van der Waals surface area contributed by atoms with Crippen molar-refractivity contribution in [1.29, 1.82) is 0 Å². The second-order valence-electron chi connectivity index (χ2n) is 8.60. The summed E-state index contributed by atoms with van der Waals surface area (Å²) in [5.41, 5.74) is 1.80. The molecule has 194 valence electrons. The Balaban J connectivity index is 2.20. The van der Waals surface area contributed by atoms with Crippen molar-refractivity contribution in [2.45, 2.75) is 25.8 Å². The average Bonchev–Trinajstić information content (AvgIpc) is 2.84. The van der Waals surface area contributed by atoms with E-state index in [-0.39, 0.29) is 25.7 Å². The smallest absolute Gasteiger partial charge is 0.317 e. The van der Waals surface area contributed by atoms with Gasteiger partial charge in [-0.3, -0.25) is 29.1 Å². The summed E-state index contributed by atoms with van der Waals surface area (Å²) in [5, 5.41) is 34.9. The molecule has 1 aromatic rings. The van der Waals surface area contributed by atoms with Crippen LogP contribution in [0.5, 0.6) is 0 Å². The van der Waals surface area contributed by atoms with Crippen molar-refractivity contribution in [1.82, 2.24) is 20.0 Å². The van der Waals surface area contributed by atoms with Gasteiger partial charge in [-0.15, -0.1) is 0 Å². The number of aliphatic carboxylic acids is 3. The molecular weight excluding hydrogens is 474 g/mol. The molecule has 35 heavy (non-hydrogen) atoms. The molecule has 0 spiro atoms. The van der Waals surface area contributed by atoms with Crippen molar-refractivity contribution < 1.29 is 29.7 Å². The third-order valence-corrected chi connectivity index (χ3v) is 5.94. The lowest BCUT2D eigenvalue weighted by Gasteiger charge is -2.33. The van der Waals surface area contributed by atoms with Gasteiger partial charge in [-0.2, -0.15) is 0 Å². The zero-order valence-electron chi connectivity index (χ0n) is 20.0. The molecule has 1 aromatic carbocycles. The van der Waals surface area contributed by atoms with Crippen molar-refractivity contribution in [3.63, 3.8) is 0 Å². The lowest BCUT2D eigenvalue weighted by atomic mass is 10.0. The first-order valence-corrected chi connectivity index (χ1v) is 12.0. The maximum Gasteiger partial charge on any atom is 0.317 e. The van der Waals surface area contributed by atoms with Crippen LogP contribution in [0.25, 0.3) is 0 Å². The Morgan fingerprint density at radius 2 is 1.49 bits per heavy atom. The first-order valence-electron chi connectivity index (χ1n) is 11.6. The molecule has 1 unspecified atom stereocenters. The predicted molar refractivity (Wildman–Crippen MR) is 136 cm³/mol. The summed E-state index contributed by atoms with van der Waals surface area (Å²) in [6, 6.07) is 7.41. The van der Waals surface area contributed by atoms with Crippen LogP contribution in [-0.2, 0) is 20.8 Å². The Labute approximate surface area is 210 Å². The number of carbonyl (C=O) groups is 3. The van der Waals surface area contributed by atoms with E-state index < -0.39 is 17.9 Å². The molecule has 1 saturated heterocycles. The number of rotatable bonds is 11. The number of benzene rings is 1. The molecule has 5 N–H and O–H groups in total. The van der Waals surface area contributed by atoms with Crippen LogP contribution in [-0.4, -0.2) is 118 Å². The second-order valence-corrected chi connectivity index (χ2v) is 9.01. The minimum Gasteiger partial charge on any atom is -0.480 e. The van der Waals surface area contributed by atoms with Crippen molar-refractivity contribution >= 4 is 40.9 Å². The van der Waals surface area contributed by atoms with Gasteiger partial charge in [0, 0.05) is 51.0 Å². The van der Waals surface area contributed by atoms with Gasteiger partial charge in [0.2, 0.25) is 0 Å². The topological polar surface area (TPSA) is 146 Å². The molecule has 1 aliphatic rings. The molecule has 0 amide bonds. The van der Waals surface area contributed by atoms with Crippen molar-refractivity contribution in [2.24, 2.45) is 0 Å². The van der Waals surface area contributed by atoms with Crippen LogP contribution in [0.15, 0.2) is 24.3 Å². The van der Waals surface area contributed by atoms with Gasteiger partial charge in [0.15, 0.2) is 5.11 Å². The number of thiocarbonyl (C=S) groups is 1. The maximum absolute atomic E-state index is 11.6. The van der Waals surface area contributed by atoms with Gasteiger partial charge in [-0.1, -0.05) is 19.1 Å². The van der Waals surface area contributed by atoms with Crippen LogP contribution in [0.3, 0.4) is 0 Å². The van der Waals surface area contributed by atoms with Gasteiger partial charge in [0.05, 0.1) is 19.6 Å². The first kappa shape index (κ1) is 28.4. The number of hydrogen-bond acceptors (Lipinski definition) is 7. The standard InChI is InChI=1S/C23H35N5O6S/c1-2-7-24-23(35)25-18-5-3-17(4-6-18)12-19-13-27(15-21(31)32)9-8-26(14-20(29)30)10-11-28(19)16-22(33)34/h3-6,19H,2,7-16H2,1H3,(H,29,30)(H,31,32)(H,33,34)(H2,24,25,35). The molecule has 1 aliphatic heterocycles. The highest BCUT2D eigenvalue weighted by Crippen LogP contribution is 2.16. The highest BCUT2D eigenvalue weighted by Gasteiger charge is 2.27. The summed E-state index contributed by atoms with van der Waals surface area (Å²) in [6.07, 6.45) is 1.48. The zero-order chi connectivity index (χ0) is 25.8. The van der Waals surface area contributed by atoms with E-state index in [2.05, 4.69) is 17.6 Å². The van der Waals surface area contributed by atoms with Crippen molar-refractivity contribution in [3.8, 4) is 0 Å². The van der Waals surface area contributed by atoms with E-state index in [4.69, 9.17) is 12.2 Å². The van der Waals surface area contributed by atoms with E-state index in [0.717, 1.165) is 24.2 Å². The summed E-state index contributed by atoms with van der Waals surface area (Å²) in [7, 11) is 0. The summed E-state index contributed by atoms with van der Waals surface area (Å²) < 4.78 is 0. The van der Waals surface area contributed by atoms with Gasteiger partial charge in [0.25, 0.3) is 0 Å². The summed E-state index contributed by atoms with van der Waals surface area (Å²) in [4.78, 5) is 39.6. The zero-order valence-corrected chi connectivity index (χ0v) is 20.8. The predicted octanol–water partition coefficient (Wildman–Crippen LogP) is 0.468. The van der Waals surface area contributed by atoms with Crippen molar-refractivity contribution in [2.75, 3.05) is 64.2 Å². The quantitative estimate of drug-likeness (QED) is 0.264. The molecule has 1 heterocycles. The molecule has 0 radical (unpaired) electrons. The SMILES string of the molecule is CCCNC(=S)Nc1ccc(CC2CN(CC(=O)O)CCN(CC(=O)O)CCN2CC(=O)O)cc1. The van der Waals surface area contributed by atoms with E-state index in [1.54, 1.807) is 14.7 Å². The molecule has 0 aliphatic carbocycles. The fraction of sp³-hybridized carbons (Fsp3) is 0.565. The normalized spacial score (nSPS) is 18.1. The third-order valence-electron chi connectivity index (χ3n) is 5.70. The maximum atomic E-state index is 11.6. The molecular formula is C23H35N5O6S. The Bertz CT molecular complexity index is 868. The van der Waals surface area contributed by atoms with Gasteiger partial charge < -0.3 is 26.0 Å². The number of anilines is 1. The van der Waals surface area contributed by atoms with E-state index >= 15 is 0 Å². The second kappa shape index (κ2) is 14.6. The Kier molecular flexibility index (Phi) is 11.8. The minimum absolute atomic E-state index is 0.185. The molecule has 1 fully saturated rings. The van der Waals surface area contributed by atoms with Crippen molar-refractivity contribution in [3.05, 3.63) is 29.8 Å². The summed E-state index contributed by atoms with van der Waals surface area (Å²) in [5.74, 6) is -2.95. The molecule has 0 saturated carbocycles. The van der Waals surface area contributed by atoms with Crippen LogP contribution in [0.2, 0.25) is 0 Å². The van der Waals surface area contributed by atoms with Crippen LogP contribution in [0, 0.1) is 0 Å². The number of nitrogens with one attached hydrogen (secondary N) is 2. The Morgan fingerprint density at radius 3 is 2.09 bits per heavy atom. The lowest BCUT2D eigenvalue weighted by Crippen LogP contribution is -2.49. The molecule has 1 atom stereocenters. The van der Waals surface area contributed by atoms with E-state index in [1.165, 1.54) is 0 Å². The monoisotopic (exact) mass is 509 g/mol. The lowest BCUT2D eigenvalue weighted by molar-refractivity contribution is -0.140. The highest BCUT2D eigenvalue weighted by atomic mass is 32.1. The van der Waals surface area contributed by atoms with E-state index in [1.807, 2.05) is 24.3 Å². The molecule has 2 rings (SSSR count). The molecule has 12 heteroatoms. The average molecular weight is 510 g/mol. The Hall–Kier alpha value is -2.80. The number of carboxylic acids is 3. The van der Waals surface area contributed by atoms with Gasteiger partial charge >= 0.3 is 17.9 Å². The molecule has 0 bridgehead atoms. The fourth-order valence-electron chi connectivity index (χ4n) is 4.02. The number of carboxylic acid groups (broad SMARTS) is 3. The van der Waals surface area contributed by atoms with Crippen LogP contribution in [0.4, 0.5) is 5.69 Å². The fourth-order valence-corrected chi connectivity index (χ4v) is 4.24. The highest BCUT2D eigenvalue weighted by molar-refractivity contribution is 7.80. The number of hydrogen-bond donors (Lipinski definition) is 5. The van der Waals surface area contributed by atoms with Crippen LogP contribution < -0.4 is 10.6 Å². The summed E-state index contributed by atoms with van der Waals surface area (Å²) >= 11 is 5.27. The molecule has 0 aromatic heterocycles. The largest absolute Gasteiger partial charge is 0.480 e. The molecule has 11 nitrogen and oxygen atoms in total.